The Morgan fingerprint density at radius 1 is 1.33 bits per heavy atom. The van der Waals surface area contributed by atoms with E-state index in [1.54, 1.807) is 30.5 Å². The van der Waals surface area contributed by atoms with Crippen molar-refractivity contribution in [2.24, 2.45) is 0 Å². The number of aryl methyl sites for hydroxylation is 2. The van der Waals surface area contributed by atoms with E-state index in [9.17, 15) is 4.79 Å². The van der Waals surface area contributed by atoms with Crippen molar-refractivity contribution in [2.45, 2.75) is 13.8 Å². The van der Waals surface area contributed by atoms with E-state index in [0.29, 0.717) is 11.5 Å². The Labute approximate surface area is 105 Å². The highest BCUT2D eigenvalue weighted by atomic mass is 16.4. The third-order valence-electron chi connectivity index (χ3n) is 2.45. The van der Waals surface area contributed by atoms with E-state index in [4.69, 9.17) is 5.11 Å². The van der Waals surface area contributed by atoms with Gasteiger partial charge >= 0.3 is 5.97 Å². The normalized spacial score (nSPS) is 10.1. The molecule has 0 unspecified atom stereocenters. The van der Waals surface area contributed by atoms with Crippen LogP contribution in [-0.4, -0.2) is 21.0 Å². The van der Waals surface area contributed by atoms with Crippen molar-refractivity contribution in [1.82, 2.24) is 9.97 Å². The lowest BCUT2D eigenvalue weighted by Gasteiger charge is -2.09. The highest BCUT2D eigenvalue weighted by Gasteiger charge is 2.06. The molecule has 0 aliphatic heterocycles. The van der Waals surface area contributed by atoms with Gasteiger partial charge in [0.25, 0.3) is 0 Å². The highest BCUT2D eigenvalue weighted by molar-refractivity contribution is 5.89. The zero-order chi connectivity index (χ0) is 13.1. The summed E-state index contributed by atoms with van der Waals surface area (Å²) in [4.78, 5) is 19.4. The van der Waals surface area contributed by atoms with Crippen LogP contribution in [0.3, 0.4) is 0 Å². The maximum absolute atomic E-state index is 10.9. The number of aromatic nitrogens is 2. The Morgan fingerprint density at radius 3 is 2.83 bits per heavy atom. The molecule has 92 valence electrons. The topological polar surface area (TPSA) is 75.1 Å². The molecule has 0 aliphatic rings. The number of carboxylic acids is 1. The summed E-state index contributed by atoms with van der Waals surface area (Å²) in [5.74, 6) is -0.316. The molecule has 0 saturated heterocycles. The fourth-order valence-electron chi connectivity index (χ4n) is 1.52. The molecule has 5 heteroatoms. The number of nitrogens with one attached hydrogen (secondary N) is 1. The average Bonchev–Trinajstić information content (AvgIpc) is 2.34. The van der Waals surface area contributed by atoms with Crippen LogP contribution in [0.4, 0.5) is 11.5 Å². The van der Waals surface area contributed by atoms with Gasteiger partial charge in [0.2, 0.25) is 0 Å². The van der Waals surface area contributed by atoms with Crippen molar-refractivity contribution in [2.75, 3.05) is 5.32 Å². The van der Waals surface area contributed by atoms with Crippen molar-refractivity contribution in [1.29, 1.82) is 0 Å². The van der Waals surface area contributed by atoms with Gasteiger partial charge in [0.05, 0.1) is 17.0 Å². The summed E-state index contributed by atoms with van der Waals surface area (Å²) < 4.78 is 0. The number of benzene rings is 1. The molecule has 0 saturated carbocycles. The summed E-state index contributed by atoms with van der Waals surface area (Å²) in [5.41, 5.74) is 2.48. The molecular weight excluding hydrogens is 230 g/mol. The van der Waals surface area contributed by atoms with Gasteiger partial charge in [-0.1, -0.05) is 6.07 Å². The number of hydrogen-bond donors (Lipinski definition) is 2. The van der Waals surface area contributed by atoms with Gasteiger partial charge in [-0.3, -0.25) is 4.98 Å². The smallest absolute Gasteiger partial charge is 0.335 e. The summed E-state index contributed by atoms with van der Waals surface area (Å²) in [6.07, 6.45) is 1.69. The second kappa shape index (κ2) is 4.83. The molecule has 1 aromatic carbocycles. The minimum Gasteiger partial charge on any atom is -0.478 e. The largest absolute Gasteiger partial charge is 0.478 e. The molecule has 2 rings (SSSR count). The Hall–Kier alpha value is -2.43. The molecule has 2 N–H and O–H groups in total. The SMILES string of the molecule is Cc1cnc(C)c(Nc2cccc(C(=O)O)c2)n1. The van der Waals surface area contributed by atoms with Crippen molar-refractivity contribution in [3.63, 3.8) is 0 Å². The molecule has 5 nitrogen and oxygen atoms in total. The molecule has 2 aromatic rings. The van der Waals surface area contributed by atoms with Crippen LogP contribution in [0.2, 0.25) is 0 Å². The van der Waals surface area contributed by atoms with E-state index in [2.05, 4.69) is 15.3 Å². The number of nitrogens with zero attached hydrogens (tertiary/aromatic N) is 2. The Bertz CT molecular complexity index is 597. The van der Waals surface area contributed by atoms with Crippen LogP contribution in [0.5, 0.6) is 0 Å². The van der Waals surface area contributed by atoms with E-state index < -0.39 is 5.97 Å². The lowest BCUT2D eigenvalue weighted by atomic mass is 10.2. The Morgan fingerprint density at radius 2 is 2.11 bits per heavy atom. The van der Waals surface area contributed by atoms with Crippen molar-refractivity contribution in [3.05, 3.63) is 47.4 Å². The van der Waals surface area contributed by atoms with E-state index in [1.165, 1.54) is 0 Å². The van der Waals surface area contributed by atoms with Crippen LogP contribution < -0.4 is 5.32 Å². The summed E-state index contributed by atoms with van der Waals surface area (Å²) in [5, 5.41) is 12.0. The third kappa shape index (κ3) is 2.63. The second-order valence-electron chi connectivity index (χ2n) is 3.96. The molecule has 0 atom stereocenters. The summed E-state index contributed by atoms with van der Waals surface area (Å²) >= 11 is 0. The van der Waals surface area contributed by atoms with E-state index in [-0.39, 0.29) is 5.56 Å². The molecule has 1 heterocycles. The Balaban J connectivity index is 2.31. The summed E-state index contributed by atoms with van der Waals surface area (Å²) in [6, 6.07) is 6.58. The van der Waals surface area contributed by atoms with Crippen molar-refractivity contribution < 1.29 is 9.90 Å². The molecule has 0 amide bonds. The fraction of sp³-hybridized carbons (Fsp3) is 0.154. The minimum atomic E-state index is -0.953. The lowest BCUT2D eigenvalue weighted by molar-refractivity contribution is 0.0697. The van der Waals surface area contributed by atoms with Gasteiger partial charge in [-0.05, 0) is 32.0 Å². The molecule has 0 radical (unpaired) electrons. The molecular formula is C13H13N3O2. The maximum atomic E-state index is 10.9. The zero-order valence-electron chi connectivity index (χ0n) is 10.1. The summed E-state index contributed by atoms with van der Waals surface area (Å²) in [7, 11) is 0. The quantitative estimate of drug-likeness (QED) is 0.866. The fourth-order valence-corrected chi connectivity index (χ4v) is 1.52. The third-order valence-corrected chi connectivity index (χ3v) is 2.45. The van der Waals surface area contributed by atoms with Gasteiger partial charge < -0.3 is 10.4 Å². The zero-order valence-corrected chi connectivity index (χ0v) is 10.1. The first-order chi connectivity index (χ1) is 8.56. The van der Waals surface area contributed by atoms with Gasteiger partial charge in [-0.2, -0.15) is 0 Å². The van der Waals surface area contributed by atoms with Gasteiger partial charge in [-0.25, -0.2) is 9.78 Å². The van der Waals surface area contributed by atoms with Crippen LogP contribution in [0.1, 0.15) is 21.7 Å². The maximum Gasteiger partial charge on any atom is 0.335 e. The van der Waals surface area contributed by atoms with E-state index in [1.807, 2.05) is 13.8 Å². The lowest BCUT2D eigenvalue weighted by Crippen LogP contribution is -2.02. The molecule has 0 spiro atoms. The number of rotatable bonds is 3. The van der Waals surface area contributed by atoms with Crippen LogP contribution in [0, 0.1) is 13.8 Å². The number of aromatic carboxylic acids is 1. The highest BCUT2D eigenvalue weighted by Crippen LogP contribution is 2.18. The van der Waals surface area contributed by atoms with Gasteiger partial charge in [0.1, 0.15) is 0 Å². The second-order valence-corrected chi connectivity index (χ2v) is 3.96. The number of carboxylic acid groups (broad SMARTS) is 1. The molecule has 0 bridgehead atoms. The van der Waals surface area contributed by atoms with Crippen LogP contribution >= 0.6 is 0 Å². The number of carbonyl (C=O) groups is 1. The van der Waals surface area contributed by atoms with Gasteiger partial charge in [0.15, 0.2) is 5.82 Å². The predicted molar refractivity (Wildman–Crippen MR) is 68.2 cm³/mol. The monoisotopic (exact) mass is 243 g/mol. The molecule has 18 heavy (non-hydrogen) atoms. The van der Waals surface area contributed by atoms with E-state index in [0.717, 1.165) is 11.4 Å². The van der Waals surface area contributed by atoms with Crippen LogP contribution in [0.15, 0.2) is 30.5 Å². The number of hydrogen-bond acceptors (Lipinski definition) is 4. The predicted octanol–water partition coefficient (Wildman–Crippen LogP) is 2.54. The minimum absolute atomic E-state index is 0.235. The summed E-state index contributed by atoms with van der Waals surface area (Å²) in [6.45, 7) is 3.70. The van der Waals surface area contributed by atoms with Crippen LogP contribution in [0.25, 0.3) is 0 Å². The van der Waals surface area contributed by atoms with Crippen molar-refractivity contribution in [3.8, 4) is 0 Å². The standard InChI is InChI=1S/C13H13N3O2/c1-8-7-14-9(2)12(15-8)16-11-5-3-4-10(6-11)13(17)18/h3-7H,1-2H3,(H,15,16)(H,17,18). The van der Waals surface area contributed by atoms with Gasteiger partial charge in [0, 0.05) is 11.9 Å². The first-order valence-electron chi connectivity index (χ1n) is 5.47. The first kappa shape index (κ1) is 12.0. The van der Waals surface area contributed by atoms with Gasteiger partial charge in [-0.15, -0.1) is 0 Å². The molecule has 0 fully saturated rings. The average molecular weight is 243 g/mol. The molecule has 0 aliphatic carbocycles. The molecule has 1 aromatic heterocycles. The van der Waals surface area contributed by atoms with Crippen molar-refractivity contribution >= 4 is 17.5 Å². The Kier molecular flexibility index (Phi) is 3.23. The number of anilines is 2. The van der Waals surface area contributed by atoms with E-state index >= 15 is 0 Å². The first-order valence-corrected chi connectivity index (χ1v) is 5.47. The van der Waals surface area contributed by atoms with Crippen LogP contribution in [-0.2, 0) is 0 Å².